The minimum Gasteiger partial charge on any atom is -0.492 e. The van der Waals surface area contributed by atoms with Crippen LogP contribution in [0.2, 0.25) is 0 Å². The fourth-order valence-corrected chi connectivity index (χ4v) is 1.33. The average Bonchev–Trinajstić information content (AvgIpc) is 2.28. The zero-order valence-corrected chi connectivity index (χ0v) is 9.66. The van der Waals surface area contributed by atoms with E-state index in [0.29, 0.717) is 24.3 Å². The Bertz CT molecular complexity index is 331. The lowest BCUT2D eigenvalue weighted by molar-refractivity contribution is 0.218. The number of rotatable bonds is 6. The minimum atomic E-state index is -0.263. The van der Waals surface area contributed by atoms with E-state index in [0.717, 1.165) is 0 Å². The number of hydrogen-bond donors (Lipinski definition) is 2. The lowest BCUT2D eigenvalue weighted by Gasteiger charge is -2.16. The van der Waals surface area contributed by atoms with Crippen LogP contribution in [0.5, 0.6) is 5.75 Å². The summed E-state index contributed by atoms with van der Waals surface area (Å²) in [4.78, 5) is 0. The highest BCUT2D eigenvalue weighted by Gasteiger charge is 2.07. The Kier molecular flexibility index (Phi) is 5.22. The summed E-state index contributed by atoms with van der Waals surface area (Å²) in [5.74, 6) is 0.252. The molecule has 16 heavy (non-hydrogen) atoms. The van der Waals surface area contributed by atoms with Crippen LogP contribution in [0.1, 0.15) is 12.0 Å². The molecule has 1 aromatic rings. The predicted molar refractivity (Wildman–Crippen MR) is 61.2 cm³/mol. The molecule has 0 amide bonds. The minimum absolute atomic E-state index is 0.0781. The zero-order valence-electron chi connectivity index (χ0n) is 9.66. The second-order valence-electron chi connectivity index (χ2n) is 3.72. The molecule has 3 nitrogen and oxygen atoms in total. The highest BCUT2D eigenvalue weighted by molar-refractivity contribution is 5.27. The topological polar surface area (TPSA) is 41.5 Å². The first-order valence-corrected chi connectivity index (χ1v) is 5.34. The Balaban J connectivity index is 2.50. The van der Waals surface area contributed by atoms with Crippen molar-refractivity contribution >= 4 is 0 Å². The van der Waals surface area contributed by atoms with Gasteiger partial charge in [-0.15, -0.1) is 0 Å². The van der Waals surface area contributed by atoms with Crippen LogP contribution in [-0.4, -0.2) is 31.4 Å². The van der Waals surface area contributed by atoms with Crippen molar-refractivity contribution in [2.75, 3.05) is 20.3 Å². The lowest BCUT2D eigenvalue weighted by Crippen LogP contribution is -2.32. The second kappa shape index (κ2) is 6.45. The van der Waals surface area contributed by atoms with Crippen molar-refractivity contribution in [3.05, 3.63) is 29.6 Å². The summed E-state index contributed by atoms with van der Waals surface area (Å²) in [6.07, 6.45) is 0.616. The van der Waals surface area contributed by atoms with Crippen molar-refractivity contribution in [2.45, 2.75) is 19.4 Å². The molecule has 0 heterocycles. The number of benzene rings is 1. The molecule has 90 valence electrons. The smallest absolute Gasteiger partial charge is 0.129 e. The summed E-state index contributed by atoms with van der Waals surface area (Å²) in [5, 5.41) is 11.8. The van der Waals surface area contributed by atoms with Crippen LogP contribution in [0, 0.1) is 12.7 Å². The third kappa shape index (κ3) is 3.79. The number of halogens is 1. The summed E-state index contributed by atoms with van der Waals surface area (Å²) in [6, 6.07) is 4.88. The molecule has 4 heteroatoms. The molecule has 0 fully saturated rings. The molecule has 1 unspecified atom stereocenters. The van der Waals surface area contributed by atoms with Crippen LogP contribution in [0.25, 0.3) is 0 Å². The van der Waals surface area contributed by atoms with Gasteiger partial charge in [-0.2, -0.15) is 0 Å². The molecule has 0 aromatic heterocycles. The van der Waals surface area contributed by atoms with Gasteiger partial charge in [0.1, 0.15) is 18.2 Å². The monoisotopic (exact) mass is 227 g/mol. The van der Waals surface area contributed by atoms with Crippen LogP contribution in [-0.2, 0) is 0 Å². The molecule has 0 aliphatic heterocycles. The maximum Gasteiger partial charge on any atom is 0.129 e. The number of nitrogens with one attached hydrogen (secondary N) is 1. The van der Waals surface area contributed by atoms with E-state index in [4.69, 9.17) is 9.84 Å². The molecule has 2 N–H and O–H groups in total. The van der Waals surface area contributed by atoms with Gasteiger partial charge in [0.15, 0.2) is 0 Å². The maximum atomic E-state index is 13.2. The van der Waals surface area contributed by atoms with Crippen molar-refractivity contribution in [1.29, 1.82) is 0 Å². The molecule has 0 saturated heterocycles. The zero-order chi connectivity index (χ0) is 12.0. The first-order valence-electron chi connectivity index (χ1n) is 5.34. The van der Waals surface area contributed by atoms with Crippen molar-refractivity contribution < 1.29 is 14.2 Å². The van der Waals surface area contributed by atoms with Crippen molar-refractivity contribution in [3.8, 4) is 5.75 Å². The van der Waals surface area contributed by atoms with E-state index < -0.39 is 0 Å². The number of aryl methyl sites for hydroxylation is 1. The fraction of sp³-hybridized carbons (Fsp3) is 0.500. The summed E-state index contributed by atoms with van der Waals surface area (Å²) < 4.78 is 18.6. The lowest BCUT2D eigenvalue weighted by atomic mass is 10.2. The molecule has 0 aliphatic rings. The number of aliphatic hydroxyl groups is 1. The van der Waals surface area contributed by atoms with E-state index in [-0.39, 0.29) is 18.5 Å². The average molecular weight is 227 g/mol. The molecule has 0 aliphatic carbocycles. The predicted octanol–water partition coefficient (Wildman–Crippen LogP) is 1.48. The number of ether oxygens (including phenoxy) is 1. The summed E-state index contributed by atoms with van der Waals surface area (Å²) >= 11 is 0. The molecule has 0 radical (unpaired) electrons. The van der Waals surface area contributed by atoms with Crippen LogP contribution in [0.3, 0.4) is 0 Å². The quantitative estimate of drug-likeness (QED) is 0.773. The van der Waals surface area contributed by atoms with Crippen LogP contribution < -0.4 is 10.1 Å². The Labute approximate surface area is 95.2 Å². The van der Waals surface area contributed by atoms with Crippen LogP contribution >= 0.6 is 0 Å². The van der Waals surface area contributed by atoms with E-state index in [1.165, 1.54) is 6.07 Å². The Morgan fingerprint density at radius 1 is 1.50 bits per heavy atom. The van der Waals surface area contributed by atoms with E-state index in [2.05, 4.69) is 5.32 Å². The molecule has 0 bridgehead atoms. The SMILES string of the molecule is CNC(CCO)COc1ccc(C)c(F)c1. The molecule has 1 rings (SSSR count). The van der Waals surface area contributed by atoms with E-state index in [1.807, 2.05) is 0 Å². The second-order valence-corrected chi connectivity index (χ2v) is 3.72. The largest absolute Gasteiger partial charge is 0.492 e. The van der Waals surface area contributed by atoms with E-state index >= 15 is 0 Å². The molecule has 1 aromatic carbocycles. The van der Waals surface area contributed by atoms with Crippen molar-refractivity contribution in [2.24, 2.45) is 0 Å². The first kappa shape index (κ1) is 12.9. The van der Waals surface area contributed by atoms with Gasteiger partial charge in [-0.25, -0.2) is 4.39 Å². The van der Waals surface area contributed by atoms with Crippen LogP contribution in [0.4, 0.5) is 4.39 Å². The maximum absolute atomic E-state index is 13.2. The molecule has 0 saturated carbocycles. The van der Waals surface area contributed by atoms with Gasteiger partial charge in [-0.1, -0.05) is 6.07 Å². The van der Waals surface area contributed by atoms with Crippen LogP contribution in [0.15, 0.2) is 18.2 Å². The molecular weight excluding hydrogens is 209 g/mol. The number of likely N-dealkylation sites (N-methyl/N-ethyl adjacent to an activating group) is 1. The molecular formula is C12H18FNO2. The summed E-state index contributed by atoms with van der Waals surface area (Å²) in [7, 11) is 1.80. The van der Waals surface area contributed by atoms with Gasteiger partial charge in [-0.3, -0.25) is 0 Å². The van der Waals surface area contributed by atoms with Gasteiger partial charge >= 0.3 is 0 Å². The summed E-state index contributed by atoms with van der Waals surface area (Å²) in [6.45, 7) is 2.23. The standard InChI is InChI=1S/C12H18FNO2/c1-9-3-4-11(7-12(9)13)16-8-10(14-2)5-6-15/h3-4,7,10,14-15H,5-6,8H2,1-2H3. The third-order valence-electron chi connectivity index (χ3n) is 2.48. The summed E-state index contributed by atoms with van der Waals surface area (Å²) in [5.41, 5.74) is 0.605. The Morgan fingerprint density at radius 3 is 2.81 bits per heavy atom. The van der Waals surface area contributed by atoms with E-state index in [1.54, 1.807) is 26.1 Å². The number of aliphatic hydroxyl groups excluding tert-OH is 1. The van der Waals surface area contributed by atoms with E-state index in [9.17, 15) is 4.39 Å². The highest BCUT2D eigenvalue weighted by atomic mass is 19.1. The first-order chi connectivity index (χ1) is 7.67. The third-order valence-corrected chi connectivity index (χ3v) is 2.48. The van der Waals surface area contributed by atoms with Gasteiger partial charge < -0.3 is 15.2 Å². The molecule has 1 atom stereocenters. The molecule has 0 spiro atoms. The Morgan fingerprint density at radius 2 is 2.25 bits per heavy atom. The van der Waals surface area contributed by atoms with Crippen molar-refractivity contribution in [3.63, 3.8) is 0 Å². The van der Waals surface area contributed by atoms with Crippen molar-refractivity contribution in [1.82, 2.24) is 5.32 Å². The normalized spacial score (nSPS) is 12.5. The fourth-order valence-electron chi connectivity index (χ4n) is 1.33. The van der Waals surface area contributed by atoms with Gasteiger partial charge in [0, 0.05) is 18.7 Å². The van der Waals surface area contributed by atoms with Gasteiger partial charge in [0.2, 0.25) is 0 Å². The number of hydrogen-bond acceptors (Lipinski definition) is 3. The van der Waals surface area contributed by atoms with Gasteiger partial charge in [0.05, 0.1) is 0 Å². The Hall–Kier alpha value is -1.13. The van der Waals surface area contributed by atoms with Gasteiger partial charge in [-0.05, 0) is 32.0 Å². The van der Waals surface area contributed by atoms with Gasteiger partial charge in [0.25, 0.3) is 0 Å². The highest BCUT2D eigenvalue weighted by Crippen LogP contribution is 2.16.